The molecule has 0 unspecified atom stereocenters. The topological polar surface area (TPSA) is 102 Å². The minimum absolute atomic E-state index is 0.375. The van der Waals surface area contributed by atoms with Crippen molar-refractivity contribution in [3.63, 3.8) is 0 Å². The van der Waals surface area contributed by atoms with Gasteiger partial charge < -0.3 is 10.6 Å². The van der Waals surface area contributed by atoms with Crippen molar-refractivity contribution >= 4 is 34.9 Å². The first-order valence-electron chi connectivity index (χ1n) is 7.83. The van der Waals surface area contributed by atoms with E-state index in [1.54, 1.807) is 18.2 Å². The number of anilines is 4. The Hall–Kier alpha value is -3.11. The molecule has 124 valence electrons. The van der Waals surface area contributed by atoms with Gasteiger partial charge in [0, 0.05) is 23.4 Å². The monoisotopic (exact) mass is 351 g/mol. The average Bonchev–Trinajstić information content (AvgIpc) is 3.38. The number of benzene rings is 1. The van der Waals surface area contributed by atoms with Crippen LogP contribution in [-0.4, -0.2) is 20.2 Å². The number of hydrogen-bond donors (Lipinski definition) is 3. The summed E-state index contributed by atoms with van der Waals surface area (Å²) in [4.78, 5) is 8.56. The van der Waals surface area contributed by atoms with E-state index < -0.39 is 0 Å². The zero-order valence-electron chi connectivity index (χ0n) is 13.1. The van der Waals surface area contributed by atoms with Crippen LogP contribution in [0.5, 0.6) is 0 Å². The van der Waals surface area contributed by atoms with E-state index >= 15 is 0 Å². The highest BCUT2D eigenvalue weighted by Crippen LogP contribution is 2.39. The number of nitrogens with one attached hydrogen (secondary N) is 3. The van der Waals surface area contributed by atoms with Crippen LogP contribution in [-0.2, 0) is 0 Å². The Kier molecular flexibility index (Phi) is 3.96. The third-order valence-electron chi connectivity index (χ3n) is 3.85. The van der Waals surface area contributed by atoms with Gasteiger partial charge in [-0.25, -0.2) is 4.98 Å². The molecule has 0 saturated heterocycles. The Labute approximate surface area is 149 Å². The van der Waals surface area contributed by atoms with Crippen molar-refractivity contribution in [1.82, 2.24) is 20.2 Å². The van der Waals surface area contributed by atoms with Crippen molar-refractivity contribution in [3.05, 3.63) is 52.8 Å². The number of rotatable bonds is 5. The van der Waals surface area contributed by atoms with E-state index in [1.165, 1.54) is 19.0 Å². The van der Waals surface area contributed by atoms with Crippen molar-refractivity contribution in [2.24, 2.45) is 0 Å². The summed E-state index contributed by atoms with van der Waals surface area (Å²) < 4.78 is 0. The molecule has 0 spiro atoms. The van der Waals surface area contributed by atoms with Crippen LogP contribution in [0.15, 0.2) is 36.5 Å². The van der Waals surface area contributed by atoms with Gasteiger partial charge in [0.05, 0.1) is 17.8 Å². The molecule has 0 atom stereocenters. The van der Waals surface area contributed by atoms with Gasteiger partial charge >= 0.3 is 0 Å². The first-order chi connectivity index (χ1) is 12.2. The lowest BCUT2D eigenvalue weighted by Crippen LogP contribution is -2.01. The predicted octanol–water partition coefficient (Wildman–Crippen LogP) is 4.09. The quantitative estimate of drug-likeness (QED) is 0.639. The largest absolute Gasteiger partial charge is 0.324 e. The van der Waals surface area contributed by atoms with Gasteiger partial charge in [-0.15, -0.1) is 0 Å². The maximum Gasteiger partial charge on any atom is 0.229 e. The molecule has 0 bridgehead atoms. The first-order valence-corrected chi connectivity index (χ1v) is 8.21. The Bertz CT molecular complexity index is 956. The third-order valence-corrected chi connectivity index (χ3v) is 4.13. The van der Waals surface area contributed by atoms with Crippen molar-refractivity contribution in [2.45, 2.75) is 18.8 Å². The van der Waals surface area contributed by atoms with Gasteiger partial charge in [0.2, 0.25) is 5.95 Å². The fraction of sp³-hybridized carbons (Fsp3) is 0.176. The third kappa shape index (κ3) is 3.54. The highest BCUT2D eigenvalue weighted by Gasteiger charge is 2.25. The molecule has 0 aliphatic heterocycles. The van der Waals surface area contributed by atoms with Gasteiger partial charge in [-0.05, 0) is 31.0 Å². The van der Waals surface area contributed by atoms with E-state index in [1.807, 2.05) is 12.1 Å². The number of aromatic amines is 1. The summed E-state index contributed by atoms with van der Waals surface area (Å²) >= 11 is 6.18. The lowest BCUT2D eigenvalue weighted by atomic mass is 10.2. The molecule has 25 heavy (non-hydrogen) atoms. The average molecular weight is 352 g/mol. The Balaban J connectivity index is 1.54. The maximum atomic E-state index is 8.97. The molecule has 8 heteroatoms. The van der Waals surface area contributed by atoms with E-state index in [-0.39, 0.29) is 0 Å². The molecule has 1 saturated carbocycles. The molecule has 2 aromatic heterocycles. The summed E-state index contributed by atoms with van der Waals surface area (Å²) in [6.45, 7) is 0. The van der Waals surface area contributed by atoms with Crippen molar-refractivity contribution < 1.29 is 0 Å². The smallest absolute Gasteiger partial charge is 0.229 e. The highest BCUT2D eigenvalue weighted by atomic mass is 35.5. The normalized spacial score (nSPS) is 13.3. The fourth-order valence-corrected chi connectivity index (χ4v) is 2.57. The lowest BCUT2D eigenvalue weighted by molar-refractivity contribution is 0.966. The number of H-pyrrole nitrogens is 1. The second-order valence-electron chi connectivity index (χ2n) is 5.82. The van der Waals surface area contributed by atoms with Gasteiger partial charge in [-0.2, -0.15) is 15.3 Å². The van der Waals surface area contributed by atoms with Crippen LogP contribution in [0.3, 0.4) is 0 Å². The molecule has 0 radical (unpaired) electrons. The molecule has 1 aliphatic rings. The minimum atomic E-state index is 0.375. The van der Waals surface area contributed by atoms with E-state index in [2.05, 4.69) is 36.9 Å². The lowest BCUT2D eigenvalue weighted by Gasteiger charge is -2.08. The molecule has 7 nitrogen and oxygen atoms in total. The summed E-state index contributed by atoms with van der Waals surface area (Å²) in [7, 11) is 0. The Morgan fingerprint density at radius 2 is 2.12 bits per heavy atom. The van der Waals surface area contributed by atoms with Crippen LogP contribution in [0.25, 0.3) is 0 Å². The molecule has 1 fully saturated rings. The predicted molar refractivity (Wildman–Crippen MR) is 95.3 cm³/mol. The molecular formula is C17H14ClN7. The standard InChI is InChI=1S/C17H14ClN7/c18-13-9-20-17(21-12-3-1-2-10(6-12)8-19)23-16(13)22-15-7-14(24-25-15)11-4-5-11/h1-3,6-7,9,11H,4-5H2,(H3,20,21,22,23,24,25). The van der Waals surface area contributed by atoms with Crippen LogP contribution in [0, 0.1) is 11.3 Å². The van der Waals surface area contributed by atoms with Crippen LogP contribution in [0.2, 0.25) is 5.02 Å². The molecule has 0 amide bonds. The van der Waals surface area contributed by atoms with Crippen molar-refractivity contribution in [1.29, 1.82) is 5.26 Å². The van der Waals surface area contributed by atoms with Crippen molar-refractivity contribution in [3.8, 4) is 6.07 Å². The van der Waals surface area contributed by atoms with E-state index in [4.69, 9.17) is 16.9 Å². The van der Waals surface area contributed by atoms with Gasteiger partial charge in [-0.3, -0.25) is 5.10 Å². The van der Waals surface area contributed by atoms with Crippen LogP contribution < -0.4 is 10.6 Å². The number of nitriles is 1. The zero-order valence-corrected chi connectivity index (χ0v) is 13.9. The number of aromatic nitrogens is 4. The number of halogens is 1. The number of nitrogens with zero attached hydrogens (tertiary/aromatic N) is 4. The molecule has 4 rings (SSSR count). The first kappa shape index (κ1) is 15.4. The minimum Gasteiger partial charge on any atom is -0.324 e. The Morgan fingerprint density at radius 1 is 1.24 bits per heavy atom. The van der Waals surface area contributed by atoms with Crippen molar-refractivity contribution in [2.75, 3.05) is 10.6 Å². The van der Waals surface area contributed by atoms with Crippen LogP contribution in [0.4, 0.5) is 23.3 Å². The van der Waals surface area contributed by atoms with E-state index in [0.717, 1.165) is 11.4 Å². The number of hydrogen-bond acceptors (Lipinski definition) is 6. The zero-order chi connectivity index (χ0) is 17.2. The van der Waals surface area contributed by atoms with Crippen LogP contribution >= 0.6 is 11.6 Å². The molecular weight excluding hydrogens is 338 g/mol. The van der Waals surface area contributed by atoms with E-state index in [9.17, 15) is 0 Å². The summed E-state index contributed by atoms with van der Waals surface area (Å²) in [5.74, 6) is 2.10. The summed E-state index contributed by atoms with van der Waals surface area (Å²) in [6.07, 6.45) is 3.92. The molecule has 1 aromatic carbocycles. The molecule has 2 heterocycles. The van der Waals surface area contributed by atoms with Gasteiger partial charge in [0.25, 0.3) is 0 Å². The van der Waals surface area contributed by atoms with E-state index in [0.29, 0.717) is 34.1 Å². The maximum absolute atomic E-state index is 8.97. The van der Waals surface area contributed by atoms with Gasteiger partial charge in [-0.1, -0.05) is 17.7 Å². The highest BCUT2D eigenvalue weighted by molar-refractivity contribution is 6.32. The second-order valence-corrected chi connectivity index (χ2v) is 6.22. The van der Waals surface area contributed by atoms with Crippen LogP contribution in [0.1, 0.15) is 30.0 Å². The molecule has 1 aliphatic carbocycles. The second kappa shape index (κ2) is 6.42. The summed E-state index contributed by atoms with van der Waals surface area (Å²) in [5.41, 5.74) is 2.41. The Morgan fingerprint density at radius 3 is 2.92 bits per heavy atom. The SMILES string of the molecule is N#Cc1cccc(Nc2ncc(Cl)c(Nc3cc(C4CC4)[nH]n3)n2)c1. The summed E-state index contributed by atoms with van der Waals surface area (Å²) in [6, 6.07) is 11.1. The molecule has 3 aromatic rings. The summed E-state index contributed by atoms with van der Waals surface area (Å²) in [5, 5.41) is 22.8. The molecule has 3 N–H and O–H groups in total. The van der Waals surface area contributed by atoms with Gasteiger partial charge in [0.1, 0.15) is 5.02 Å². The fourth-order valence-electron chi connectivity index (χ4n) is 2.44. The van der Waals surface area contributed by atoms with Gasteiger partial charge in [0.15, 0.2) is 11.6 Å².